The number of esters is 1. The zero-order valence-electron chi connectivity index (χ0n) is 14.3. The van der Waals surface area contributed by atoms with Crippen molar-refractivity contribution in [3.05, 3.63) is 70.6 Å². The van der Waals surface area contributed by atoms with E-state index >= 15 is 0 Å². The first-order valence-electron chi connectivity index (χ1n) is 7.98. The summed E-state index contributed by atoms with van der Waals surface area (Å²) in [6.45, 7) is 1.64. The third-order valence-corrected chi connectivity index (χ3v) is 4.51. The number of thioether (sulfide) groups is 1. The molecule has 0 N–H and O–H groups in total. The van der Waals surface area contributed by atoms with Crippen molar-refractivity contribution in [2.75, 3.05) is 5.75 Å². The molecule has 3 rings (SSSR count). The maximum absolute atomic E-state index is 12.0. The normalized spacial score (nSPS) is 11.7. The molecule has 27 heavy (non-hydrogen) atoms. The van der Waals surface area contributed by atoms with E-state index in [2.05, 4.69) is 10.2 Å². The summed E-state index contributed by atoms with van der Waals surface area (Å²) in [7, 11) is 0. The highest BCUT2D eigenvalue weighted by atomic mass is 32.2. The number of ether oxygens (including phenoxy) is 1. The van der Waals surface area contributed by atoms with E-state index in [-0.39, 0.29) is 23.2 Å². The Morgan fingerprint density at radius 1 is 1.19 bits per heavy atom. The van der Waals surface area contributed by atoms with Crippen molar-refractivity contribution in [3.63, 3.8) is 0 Å². The van der Waals surface area contributed by atoms with Gasteiger partial charge in [-0.15, -0.1) is 22.0 Å². The molecule has 138 valence electrons. The number of nitro benzene ring substituents is 1. The molecular weight excluding hydrogens is 370 g/mol. The van der Waals surface area contributed by atoms with Gasteiger partial charge in [-0.2, -0.15) is 0 Å². The number of carbonyl (C=O) groups is 1. The van der Waals surface area contributed by atoms with Crippen LogP contribution in [0.2, 0.25) is 0 Å². The Kier molecular flexibility index (Phi) is 5.82. The van der Waals surface area contributed by atoms with E-state index in [4.69, 9.17) is 9.15 Å². The SMILES string of the molecule is C[C@@H](OC(=O)CSc1ccccc1)c1nnc(-c2ccc([N+](=O)[O-])cc2)o1. The number of hydrogen-bond acceptors (Lipinski definition) is 8. The molecule has 0 aliphatic heterocycles. The van der Waals surface area contributed by atoms with Gasteiger partial charge in [0.05, 0.1) is 10.7 Å². The average molecular weight is 385 g/mol. The maximum atomic E-state index is 12.0. The number of rotatable bonds is 7. The Bertz CT molecular complexity index is 928. The number of benzene rings is 2. The summed E-state index contributed by atoms with van der Waals surface area (Å²) < 4.78 is 10.8. The topological polar surface area (TPSA) is 108 Å². The minimum Gasteiger partial charge on any atom is -0.452 e. The number of hydrogen-bond donors (Lipinski definition) is 0. The highest BCUT2D eigenvalue weighted by Crippen LogP contribution is 2.25. The molecule has 1 aromatic heterocycles. The summed E-state index contributed by atoms with van der Waals surface area (Å²) in [5, 5.41) is 18.5. The fraction of sp³-hybridized carbons (Fsp3) is 0.167. The van der Waals surface area contributed by atoms with Gasteiger partial charge in [0, 0.05) is 22.6 Å². The van der Waals surface area contributed by atoms with Crippen LogP contribution in [0.15, 0.2) is 63.9 Å². The van der Waals surface area contributed by atoms with Gasteiger partial charge in [0.25, 0.3) is 11.6 Å². The van der Waals surface area contributed by atoms with E-state index in [0.717, 1.165) is 4.90 Å². The predicted octanol–water partition coefficient (Wildman–Crippen LogP) is 4.04. The summed E-state index contributed by atoms with van der Waals surface area (Å²) in [5.41, 5.74) is 0.509. The van der Waals surface area contributed by atoms with Crippen LogP contribution in [-0.4, -0.2) is 26.8 Å². The molecule has 8 nitrogen and oxygen atoms in total. The van der Waals surface area contributed by atoms with E-state index in [9.17, 15) is 14.9 Å². The van der Waals surface area contributed by atoms with Crippen LogP contribution in [0.1, 0.15) is 18.9 Å². The largest absolute Gasteiger partial charge is 0.452 e. The van der Waals surface area contributed by atoms with Gasteiger partial charge in [0.15, 0.2) is 6.10 Å². The molecule has 0 amide bonds. The Morgan fingerprint density at radius 3 is 2.56 bits per heavy atom. The molecule has 0 aliphatic rings. The standard InChI is InChI=1S/C18H15N3O5S/c1-12(25-16(22)11-27-15-5-3-2-4-6-15)17-19-20-18(26-17)13-7-9-14(10-8-13)21(23)24/h2-10,12H,11H2,1H3/t12-/m1/s1. The lowest BCUT2D eigenvalue weighted by molar-refractivity contribution is -0.384. The number of nitro groups is 1. The van der Waals surface area contributed by atoms with Crippen molar-refractivity contribution in [1.29, 1.82) is 0 Å². The van der Waals surface area contributed by atoms with E-state index < -0.39 is 17.0 Å². The molecule has 0 fully saturated rings. The number of non-ortho nitro benzene ring substituents is 1. The second kappa shape index (κ2) is 8.45. The molecule has 1 atom stereocenters. The second-order valence-corrected chi connectivity index (χ2v) is 6.53. The molecule has 0 saturated carbocycles. The molecular formula is C18H15N3O5S. The Morgan fingerprint density at radius 2 is 1.89 bits per heavy atom. The van der Waals surface area contributed by atoms with Crippen LogP contribution in [0.4, 0.5) is 5.69 Å². The first-order valence-corrected chi connectivity index (χ1v) is 8.97. The zero-order valence-corrected chi connectivity index (χ0v) is 15.1. The predicted molar refractivity (Wildman–Crippen MR) is 98.1 cm³/mol. The summed E-state index contributed by atoms with van der Waals surface area (Å²) in [6, 6.07) is 15.3. The van der Waals surface area contributed by atoms with Gasteiger partial charge in [0.1, 0.15) is 0 Å². The monoisotopic (exact) mass is 385 g/mol. The Hall–Kier alpha value is -3.20. The van der Waals surface area contributed by atoms with Crippen LogP contribution < -0.4 is 0 Å². The average Bonchev–Trinajstić information content (AvgIpc) is 3.18. The van der Waals surface area contributed by atoms with Crippen LogP contribution in [-0.2, 0) is 9.53 Å². The zero-order chi connectivity index (χ0) is 19.2. The highest BCUT2D eigenvalue weighted by molar-refractivity contribution is 8.00. The van der Waals surface area contributed by atoms with Gasteiger partial charge in [-0.3, -0.25) is 14.9 Å². The van der Waals surface area contributed by atoms with Crippen molar-refractivity contribution in [3.8, 4) is 11.5 Å². The number of carbonyl (C=O) groups excluding carboxylic acids is 1. The minimum atomic E-state index is -0.701. The van der Waals surface area contributed by atoms with Crippen LogP contribution in [0, 0.1) is 10.1 Å². The van der Waals surface area contributed by atoms with Crippen molar-refractivity contribution in [1.82, 2.24) is 10.2 Å². The lowest BCUT2D eigenvalue weighted by atomic mass is 10.2. The first-order chi connectivity index (χ1) is 13.0. The summed E-state index contributed by atoms with van der Waals surface area (Å²) in [6.07, 6.45) is -0.701. The highest BCUT2D eigenvalue weighted by Gasteiger charge is 2.19. The van der Waals surface area contributed by atoms with Crippen LogP contribution in [0.25, 0.3) is 11.5 Å². The molecule has 0 bridgehead atoms. The van der Waals surface area contributed by atoms with Gasteiger partial charge >= 0.3 is 5.97 Å². The molecule has 0 spiro atoms. The molecule has 2 aromatic carbocycles. The number of nitrogens with zero attached hydrogens (tertiary/aromatic N) is 3. The maximum Gasteiger partial charge on any atom is 0.317 e. The van der Waals surface area contributed by atoms with Crippen LogP contribution in [0.3, 0.4) is 0 Å². The van der Waals surface area contributed by atoms with E-state index in [0.29, 0.717) is 5.56 Å². The molecule has 0 unspecified atom stereocenters. The Labute approximate surface area is 158 Å². The van der Waals surface area contributed by atoms with E-state index in [1.165, 1.54) is 36.0 Å². The third-order valence-electron chi connectivity index (χ3n) is 3.52. The summed E-state index contributed by atoms with van der Waals surface area (Å²) in [5.74, 6) is 0.117. The second-order valence-electron chi connectivity index (χ2n) is 5.48. The third kappa shape index (κ3) is 4.91. The lowest BCUT2D eigenvalue weighted by Gasteiger charge is -2.09. The molecule has 0 radical (unpaired) electrons. The van der Waals surface area contributed by atoms with Crippen molar-refractivity contribution >= 4 is 23.4 Å². The fourth-order valence-electron chi connectivity index (χ4n) is 2.18. The van der Waals surface area contributed by atoms with Gasteiger partial charge < -0.3 is 9.15 Å². The molecule has 3 aromatic rings. The minimum absolute atomic E-state index is 0.0308. The van der Waals surface area contributed by atoms with E-state index in [1.807, 2.05) is 30.3 Å². The molecule has 9 heteroatoms. The lowest BCUT2D eigenvalue weighted by Crippen LogP contribution is -2.11. The van der Waals surface area contributed by atoms with Crippen LogP contribution >= 0.6 is 11.8 Å². The molecule has 0 aliphatic carbocycles. The fourth-order valence-corrected chi connectivity index (χ4v) is 2.88. The molecule has 0 saturated heterocycles. The quantitative estimate of drug-likeness (QED) is 0.259. The Balaban J connectivity index is 1.58. The number of aromatic nitrogens is 2. The van der Waals surface area contributed by atoms with Gasteiger partial charge in [-0.05, 0) is 31.2 Å². The van der Waals surface area contributed by atoms with Crippen molar-refractivity contribution in [2.45, 2.75) is 17.9 Å². The van der Waals surface area contributed by atoms with Gasteiger partial charge in [-0.1, -0.05) is 18.2 Å². The first kappa shape index (κ1) is 18.6. The van der Waals surface area contributed by atoms with Crippen molar-refractivity contribution < 1.29 is 18.9 Å². The van der Waals surface area contributed by atoms with Crippen molar-refractivity contribution in [2.24, 2.45) is 0 Å². The van der Waals surface area contributed by atoms with E-state index in [1.54, 1.807) is 6.92 Å². The van der Waals surface area contributed by atoms with Gasteiger partial charge in [0.2, 0.25) is 5.89 Å². The molecule has 1 heterocycles. The summed E-state index contributed by atoms with van der Waals surface area (Å²) in [4.78, 5) is 23.2. The van der Waals surface area contributed by atoms with Gasteiger partial charge in [-0.25, -0.2) is 0 Å². The summed E-state index contributed by atoms with van der Waals surface area (Å²) >= 11 is 1.38. The smallest absolute Gasteiger partial charge is 0.317 e. The van der Waals surface area contributed by atoms with Crippen LogP contribution in [0.5, 0.6) is 0 Å².